The quantitative estimate of drug-likeness (QED) is 0.832. The summed E-state index contributed by atoms with van der Waals surface area (Å²) in [6.45, 7) is 1.72. The van der Waals surface area contributed by atoms with Gasteiger partial charge in [0.25, 0.3) is 0 Å². The van der Waals surface area contributed by atoms with E-state index in [-0.39, 0.29) is 17.1 Å². The van der Waals surface area contributed by atoms with E-state index in [2.05, 4.69) is 0 Å². The maximum atomic E-state index is 13.0. The van der Waals surface area contributed by atoms with E-state index in [0.717, 1.165) is 0 Å². The number of aromatic carboxylic acids is 1. The molecule has 0 aliphatic heterocycles. The van der Waals surface area contributed by atoms with Gasteiger partial charge >= 0.3 is 5.97 Å². The Labute approximate surface area is 109 Å². The van der Waals surface area contributed by atoms with Gasteiger partial charge in [0.05, 0.1) is 5.56 Å². The van der Waals surface area contributed by atoms with E-state index in [1.54, 1.807) is 6.92 Å². The number of aryl methyl sites for hydroxylation is 1. The summed E-state index contributed by atoms with van der Waals surface area (Å²) in [6, 6.07) is 8.44. The fourth-order valence-corrected chi connectivity index (χ4v) is 1.65. The molecule has 0 spiro atoms. The minimum atomic E-state index is -1.10. The summed E-state index contributed by atoms with van der Waals surface area (Å²) in [5.74, 6) is -0.548. The van der Waals surface area contributed by atoms with Crippen LogP contribution in [0.2, 0.25) is 0 Å². The molecular formula is C14H12FNO3. The molecule has 0 aliphatic rings. The first-order chi connectivity index (χ1) is 8.97. The number of carboxylic acid groups (broad SMARTS) is 1. The van der Waals surface area contributed by atoms with Gasteiger partial charge in [0.15, 0.2) is 0 Å². The van der Waals surface area contributed by atoms with Crippen LogP contribution in [0.1, 0.15) is 15.9 Å². The average molecular weight is 261 g/mol. The lowest BCUT2D eigenvalue weighted by Crippen LogP contribution is -2.02. The molecule has 0 atom stereocenters. The average Bonchev–Trinajstić information content (AvgIpc) is 2.32. The molecule has 2 aromatic rings. The molecule has 0 bridgehead atoms. The van der Waals surface area contributed by atoms with Crippen molar-refractivity contribution in [3.8, 4) is 11.5 Å². The van der Waals surface area contributed by atoms with E-state index in [1.807, 2.05) is 0 Å². The Bertz CT molecular complexity index is 641. The van der Waals surface area contributed by atoms with Crippen molar-refractivity contribution in [1.82, 2.24) is 0 Å². The zero-order chi connectivity index (χ0) is 14.0. The molecule has 0 amide bonds. The molecule has 0 saturated carbocycles. The van der Waals surface area contributed by atoms with Crippen LogP contribution in [0.5, 0.6) is 11.5 Å². The molecule has 2 rings (SSSR count). The van der Waals surface area contributed by atoms with E-state index in [4.69, 9.17) is 15.6 Å². The van der Waals surface area contributed by atoms with Crippen LogP contribution in [0.25, 0.3) is 0 Å². The maximum absolute atomic E-state index is 13.0. The van der Waals surface area contributed by atoms with Crippen molar-refractivity contribution >= 4 is 11.7 Å². The number of carbonyl (C=O) groups is 1. The number of rotatable bonds is 3. The minimum Gasteiger partial charge on any atom is -0.478 e. The second-order valence-electron chi connectivity index (χ2n) is 4.07. The first kappa shape index (κ1) is 12.9. The monoisotopic (exact) mass is 261 g/mol. The van der Waals surface area contributed by atoms with Gasteiger partial charge in [-0.15, -0.1) is 0 Å². The number of ether oxygens (including phenoxy) is 1. The van der Waals surface area contributed by atoms with Crippen LogP contribution in [0.3, 0.4) is 0 Å². The Morgan fingerprint density at radius 3 is 2.58 bits per heavy atom. The van der Waals surface area contributed by atoms with Crippen LogP contribution in [0.4, 0.5) is 10.1 Å². The molecule has 5 heteroatoms. The van der Waals surface area contributed by atoms with E-state index in [9.17, 15) is 9.18 Å². The summed E-state index contributed by atoms with van der Waals surface area (Å²) < 4.78 is 18.5. The fraction of sp³-hybridized carbons (Fsp3) is 0.0714. The van der Waals surface area contributed by atoms with Gasteiger partial charge in [-0.05, 0) is 42.8 Å². The Morgan fingerprint density at radius 1 is 1.26 bits per heavy atom. The zero-order valence-electron chi connectivity index (χ0n) is 10.2. The molecule has 2 aromatic carbocycles. The summed E-state index contributed by atoms with van der Waals surface area (Å²) in [7, 11) is 0. The molecule has 0 aromatic heterocycles. The Hall–Kier alpha value is -2.56. The van der Waals surface area contributed by atoms with Crippen LogP contribution < -0.4 is 10.5 Å². The van der Waals surface area contributed by atoms with Crippen molar-refractivity contribution in [2.75, 3.05) is 5.73 Å². The molecule has 0 aliphatic carbocycles. The largest absolute Gasteiger partial charge is 0.478 e. The van der Waals surface area contributed by atoms with Crippen LogP contribution >= 0.6 is 0 Å². The first-order valence-electron chi connectivity index (χ1n) is 5.54. The molecule has 4 nitrogen and oxygen atoms in total. The Kier molecular flexibility index (Phi) is 3.37. The van der Waals surface area contributed by atoms with Gasteiger partial charge in [-0.1, -0.05) is 0 Å². The molecule has 0 saturated heterocycles. The molecule has 19 heavy (non-hydrogen) atoms. The van der Waals surface area contributed by atoms with Crippen molar-refractivity contribution in [1.29, 1.82) is 0 Å². The molecule has 0 fully saturated rings. The van der Waals surface area contributed by atoms with Gasteiger partial charge in [-0.3, -0.25) is 0 Å². The number of carboxylic acids is 1. The van der Waals surface area contributed by atoms with Gasteiger partial charge < -0.3 is 15.6 Å². The summed E-state index contributed by atoms with van der Waals surface area (Å²) in [4.78, 5) is 10.8. The first-order valence-corrected chi connectivity index (χ1v) is 5.54. The second kappa shape index (κ2) is 4.97. The van der Waals surface area contributed by atoms with E-state index < -0.39 is 5.97 Å². The van der Waals surface area contributed by atoms with E-state index in [0.29, 0.717) is 17.1 Å². The third kappa shape index (κ3) is 2.82. The van der Waals surface area contributed by atoms with Crippen molar-refractivity contribution in [2.45, 2.75) is 6.92 Å². The van der Waals surface area contributed by atoms with Crippen molar-refractivity contribution in [3.05, 3.63) is 53.3 Å². The highest BCUT2D eigenvalue weighted by atomic mass is 19.1. The highest BCUT2D eigenvalue weighted by molar-refractivity contribution is 5.93. The number of benzene rings is 2. The van der Waals surface area contributed by atoms with Gasteiger partial charge in [0, 0.05) is 11.8 Å². The summed E-state index contributed by atoms with van der Waals surface area (Å²) >= 11 is 0. The third-order valence-corrected chi connectivity index (χ3v) is 2.62. The van der Waals surface area contributed by atoms with Gasteiger partial charge in [0.1, 0.15) is 17.3 Å². The van der Waals surface area contributed by atoms with Crippen molar-refractivity contribution in [2.24, 2.45) is 0 Å². The molecule has 0 heterocycles. The molecule has 98 valence electrons. The number of anilines is 1. The number of nitrogens with two attached hydrogens (primary N) is 1. The number of hydrogen-bond acceptors (Lipinski definition) is 3. The topological polar surface area (TPSA) is 72.5 Å². The number of nitrogen functional groups attached to an aromatic ring is 1. The maximum Gasteiger partial charge on any atom is 0.337 e. The SMILES string of the molecule is Cc1cc(F)ccc1Oc1ccc(C(=O)O)c(N)c1. The third-order valence-electron chi connectivity index (χ3n) is 2.62. The summed E-state index contributed by atoms with van der Waals surface area (Å²) in [5.41, 5.74) is 6.39. The second-order valence-corrected chi connectivity index (χ2v) is 4.07. The van der Waals surface area contributed by atoms with Gasteiger partial charge in [-0.2, -0.15) is 0 Å². The van der Waals surface area contributed by atoms with Crippen molar-refractivity contribution in [3.63, 3.8) is 0 Å². The number of halogens is 1. The van der Waals surface area contributed by atoms with Crippen LogP contribution in [-0.4, -0.2) is 11.1 Å². The standard InChI is InChI=1S/C14H12FNO3/c1-8-6-9(15)2-5-13(8)19-10-3-4-11(14(17)18)12(16)7-10/h2-7H,16H2,1H3,(H,17,18). The molecule has 0 unspecified atom stereocenters. The lowest BCUT2D eigenvalue weighted by atomic mass is 10.1. The highest BCUT2D eigenvalue weighted by Crippen LogP contribution is 2.28. The van der Waals surface area contributed by atoms with Gasteiger partial charge in [0.2, 0.25) is 0 Å². The zero-order valence-corrected chi connectivity index (χ0v) is 10.2. The van der Waals surface area contributed by atoms with Crippen LogP contribution in [0, 0.1) is 12.7 Å². The smallest absolute Gasteiger partial charge is 0.337 e. The highest BCUT2D eigenvalue weighted by Gasteiger charge is 2.09. The van der Waals surface area contributed by atoms with E-state index >= 15 is 0 Å². The predicted molar refractivity (Wildman–Crippen MR) is 69.0 cm³/mol. The summed E-state index contributed by atoms with van der Waals surface area (Å²) in [5, 5.41) is 8.86. The fourth-order valence-electron chi connectivity index (χ4n) is 1.65. The lowest BCUT2D eigenvalue weighted by Gasteiger charge is -2.10. The van der Waals surface area contributed by atoms with Crippen LogP contribution in [-0.2, 0) is 0 Å². The Balaban J connectivity index is 2.29. The minimum absolute atomic E-state index is 0.0168. The lowest BCUT2D eigenvalue weighted by molar-refractivity contribution is 0.0698. The molecule has 3 N–H and O–H groups in total. The van der Waals surface area contributed by atoms with Crippen molar-refractivity contribution < 1.29 is 19.0 Å². The number of hydrogen-bond donors (Lipinski definition) is 2. The van der Waals surface area contributed by atoms with E-state index in [1.165, 1.54) is 36.4 Å². The summed E-state index contributed by atoms with van der Waals surface area (Å²) in [6.07, 6.45) is 0. The Morgan fingerprint density at radius 2 is 2.00 bits per heavy atom. The molecule has 0 radical (unpaired) electrons. The van der Waals surface area contributed by atoms with Crippen LogP contribution in [0.15, 0.2) is 36.4 Å². The van der Waals surface area contributed by atoms with Gasteiger partial charge in [-0.25, -0.2) is 9.18 Å². The normalized spacial score (nSPS) is 10.2. The predicted octanol–water partition coefficient (Wildman–Crippen LogP) is 3.21. The molecular weight excluding hydrogens is 249 g/mol.